The van der Waals surface area contributed by atoms with Crippen molar-refractivity contribution in [3.05, 3.63) is 71.8 Å². The highest BCUT2D eigenvalue weighted by atomic mass is 16.6. The van der Waals surface area contributed by atoms with E-state index in [1.165, 1.54) is 4.90 Å². The van der Waals surface area contributed by atoms with Crippen molar-refractivity contribution in [1.29, 1.82) is 0 Å². The second-order valence-electron chi connectivity index (χ2n) is 9.95. The molecule has 2 N–H and O–H groups in total. The van der Waals surface area contributed by atoms with E-state index >= 15 is 0 Å². The summed E-state index contributed by atoms with van der Waals surface area (Å²) in [6.45, 7) is 5.44. The summed E-state index contributed by atoms with van der Waals surface area (Å²) >= 11 is 0. The fraction of sp³-hybridized carbons (Fsp3) is 0.429. The molecule has 1 saturated heterocycles. The van der Waals surface area contributed by atoms with Gasteiger partial charge in [-0.2, -0.15) is 0 Å². The first-order chi connectivity index (χ1) is 17.6. The van der Waals surface area contributed by atoms with Crippen LogP contribution in [-0.2, 0) is 36.9 Å². The highest BCUT2D eigenvalue weighted by molar-refractivity contribution is 5.91. The first kappa shape index (κ1) is 27.7. The minimum Gasteiger partial charge on any atom is -0.459 e. The lowest BCUT2D eigenvalue weighted by Crippen LogP contribution is -2.51. The molecule has 1 fully saturated rings. The van der Waals surface area contributed by atoms with E-state index in [1.54, 1.807) is 20.8 Å². The molecule has 2 aromatic carbocycles. The Labute approximate surface area is 217 Å². The van der Waals surface area contributed by atoms with Crippen LogP contribution >= 0.6 is 0 Å². The highest BCUT2D eigenvalue weighted by Crippen LogP contribution is 2.21. The zero-order valence-corrected chi connectivity index (χ0v) is 21.6. The van der Waals surface area contributed by atoms with Gasteiger partial charge in [0.2, 0.25) is 11.8 Å². The molecular weight excluding hydrogens is 474 g/mol. The van der Waals surface area contributed by atoms with E-state index in [0.29, 0.717) is 19.4 Å². The second kappa shape index (κ2) is 12.9. The topological polar surface area (TPSA) is 114 Å². The third kappa shape index (κ3) is 8.93. The van der Waals surface area contributed by atoms with Gasteiger partial charge in [0, 0.05) is 13.0 Å². The molecule has 37 heavy (non-hydrogen) atoms. The number of rotatable bonds is 9. The molecule has 0 unspecified atom stereocenters. The van der Waals surface area contributed by atoms with Gasteiger partial charge in [-0.15, -0.1) is 0 Å². The van der Waals surface area contributed by atoms with Crippen molar-refractivity contribution in [2.45, 2.75) is 64.3 Å². The Morgan fingerprint density at radius 1 is 0.973 bits per heavy atom. The molecule has 0 saturated carbocycles. The van der Waals surface area contributed by atoms with Crippen LogP contribution in [0.2, 0.25) is 0 Å². The van der Waals surface area contributed by atoms with Gasteiger partial charge in [-0.3, -0.25) is 14.5 Å². The maximum absolute atomic E-state index is 12.9. The Hall–Kier alpha value is -3.88. The van der Waals surface area contributed by atoms with Crippen molar-refractivity contribution >= 4 is 23.9 Å². The van der Waals surface area contributed by atoms with Crippen molar-refractivity contribution in [3.8, 4) is 0 Å². The zero-order chi connectivity index (χ0) is 26.8. The van der Waals surface area contributed by atoms with E-state index in [2.05, 4.69) is 10.6 Å². The number of likely N-dealkylation sites (tertiary alicyclic amines) is 1. The largest absolute Gasteiger partial charge is 0.459 e. The third-order valence-electron chi connectivity index (χ3n) is 5.73. The summed E-state index contributed by atoms with van der Waals surface area (Å²) in [6.07, 6.45) is 0.826. The van der Waals surface area contributed by atoms with Gasteiger partial charge < -0.3 is 20.1 Å². The van der Waals surface area contributed by atoms with Gasteiger partial charge in [0.15, 0.2) is 0 Å². The molecule has 0 spiro atoms. The number of hydrogen-bond acceptors (Lipinski definition) is 6. The summed E-state index contributed by atoms with van der Waals surface area (Å²) in [4.78, 5) is 52.2. The van der Waals surface area contributed by atoms with Gasteiger partial charge in [-0.05, 0) is 44.7 Å². The van der Waals surface area contributed by atoms with E-state index < -0.39 is 41.6 Å². The second-order valence-corrected chi connectivity index (χ2v) is 9.95. The quantitative estimate of drug-likeness (QED) is 0.503. The van der Waals surface area contributed by atoms with Crippen LogP contribution in [0.25, 0.3) is 0 Å². The van der Waals surface area contributed by atoms with Crippen molar-refractivity contribution < 1.29 is 28.7 Å². The highest BCUT2D eigenvalue weighted by Gasteiger charge is 2.36. The van der Waals surface area contributed by atoms with Crippen molar-refractivity contribution in [1.82, 2.24) is 15.5 Å². The number of benzene rings is 2. The molecule has 1 heterocycles. The molecule has 2 atom stereocenters. The first-order valence-electron chi connectivity index (χ1n) is 12.4. The lowest BCUT2D eigenvalue weighted by molar-refractivity contribution is -0.149. The summed E-state index contributed by atoms with van der Waals surface area (Å²) in [5.41, 5.74) is 1.01. The standard InChI is InChI=1S/C28H35N3O6/c1-28(2,3)37-27(35)31-16-10-15-23(31)25(33)29-18-24(32)30-22(17-20-11-6-4-7-12-20)26(34)36-19-21-13-8-5-9-14-21/h4-9,11-14,22-23H,10,15-19H2,1-3H3,(H,29,33)(H,30,32)/t22-,23+/m1/s1. The summed E-state index contributed by atoms with van der Waals surface area (Å²) < 4.78 is 10.8. The lowest BCUT2D eigenvalue weighted by Gasteiger charge is -2.28. The summed E-state index contributed by atoms with van der Waals surface area (Å²) in [5.74, 6) is -1.54. The number of carbonyl (C=O) groups is 4. The molecule has 1 aliphatic heterocycles. The number of amides is 3. The number of esters is 1. The Balaban J connectivity index is 1.57. The predicted molar refractivity (Wildman–Crippen MR) is 137 cm³/mol. The number of nitrogens with zero attached hydrogens (tertiary/aromatic N) is 1. The van der Waals surface area contributed by atoms with Gasteiger partial charge in [0.1, 0.15) is 24.3 Å². The number of nitrogens with one attached hydrogen (secondary N) is 2. The summed E-state index contributed by atoms with van der Waals surface area (Å²) in [6, 6.07) is 16.9. The fourth-order valence-corrected chi connectivity index (χ4v) is 3.98. The van der Waals surface area contributed by atoms with Crippen LogP contribution in [-0.4, -0.2) is 59.6 Å². The molecule has 3 rings (SSSR count). The van der Waals surface area contributed by atoms with Crippen LogP contribution in [0, 0.1) is 0 Å². The molecule has 9 nitrogen and oxygen atoms in total. The monoisotopic (exact) mass is 509 g/mol. The average Bonchev–Trinajstić information content (AvgIpc) is 3.36. The number of ether oxygens (including phenoxy) is 2. The maximum atomic E-state index is 12.9. The molecule has 198 valence electrons. The Bertz CT molecular complexity index is 1070. The van der Waals surface area contributed by atoms with Crippen LogP contribution < -0.4 is 10.6 Å². The third-order valence-corrected chi connectivity index (χ3v) is 5.73. The van der Waals surface area contributed by atoms with Gasteiger partial charge >= 0.3 is 12.1 Å². The molecular formula is C28H35N3O6. The van der Waals surface area contributed by atoms with E-state index in [9.17, 15) is 19.2 Å². The maximum Gasteiger partial charge on any atom is 0.410 e. The summed E-state index contributed by atoms with van der Waals surface area (Å²) in [5, 5.41) is 5.26. The van der Waals surface area contributed by atoms with E-state index in [4.69, 9.17) is 9.47 Å². The van der Waals surface area contributed by atoms with Crippen LogP contribution in [0.15, 0.2) is 60.7 Å². The molecule has 9 heteroatoms. The van der Waals surface area contributed by atoms with Crippen molar-refractivity contribution in [3.63, 3.8) is 0 Å². The van der Waals surface area contributed by atoms with Crippen molar-refractivity contribution in [2.75, 3.05) is 13.1 Å². The molecule has 2 aromatic rings. The summed E-state index contributed by atoms with van der Waals surface area (Å²) in [7, 11) is 0. The Morgan fingerprint density at radius 2 is 1.59 bits per heavy atom. The van der Waals surface area contributed by atoms with Gasteiger partial charge in [-0.25, -0.2) is 9.59 Å². The minimum absolute atomic E-state index is 0.0831. The van der Waals surface area contributed by atoms with Crippen LogP contribution in [0.1, 0.15) is 44.7 Å². The van der Waals surface area contributed by atoms with Gasteiger partial charge in [-0.1, -0.05) is 60.7 Å². The first-order valence-corrected chi connectivity index (χ1v) is 12.4. The van der Waals surface area contributed by atoms with Gasteiger partial charge in [0.25, 0.3) is 0 Å². The molecule has 3 amide bonds. The van der Waals surface area contributed by atoms with E-state index in [0.717, 1.165) is 11.1 Å². The van der Waals surface area contributed by atoms with Crippen LogP contribution in [0.4, 0.5) is 4.79 Å². The lowest BCUT2D eigenvalue weighted by atomic mass is 10.1. The van der Waals surface area contributed by atoms with E-state index in [-0.39, 0.29) is 19.6 Å². The molecule has 0 aromatic heterocycles. The smallest absolute Gasteiger partial charge is 0.410 e. The van der Waals surface area contributed by atoms with Crippen LogP contribution in [0.3, 0.4) is 0 Å². The molecule has 0 bridgehead atoms. The fourth-order valence-electron chi connectivity index (χ4n) is 3.98. The van der Waals surface area contributed by atoms with Crippen LogP contribution in [0.5, 0.6) is 0 Å². The van der Waals surface area contributed by atoms with Crippen molar-refractivity contribution in [2.24, 2.45) is 0 Å². The Kier molecular flexibility index (Phi) is 9.65. The zero-order valence-electron chi connectivity index (χ0n) is 21.6. The normalized spacial score (nSPS) is 16.0. The molecule has 0 aliphatic carbocycles. The SMILES string of the molecule is CC(C)(C)OC(=O)N1CCC[C@H]1C(=O)NCC(=O)N[C@H](Cc1ccccc1)C(=O)OCc1ccccc1. The van der Waals surface area contributed by atoms with E-state index in [1.807, 2.05) is 60.7 Å². The number of carbonyl (C=O) groups excluding carboxylic acids is 4. The minimum atomic E-state index is -0.930. The molecule has 1 aliphatic rings. The number of hydrogen-bond donors (Lipinski definition) is 2. The Morgan fingerprint density at radius 3 is 2.22 bits per heavy atom. The predicted octanol–water partition coefficient (Wildman–Crippen LogP) is 2.97. The van der Waals surface area contributed by atoms with Gasteiger partial charge in [0.05, 0.1) is 6.54 Å². The average molecular weight is 510 g/mol. The molecule has 0 radical (unpaired) electrons.